The highest BCUT2D eigenvalue weighted by Gasteiger charge is 2.60. The van der Waals surface area contributed by atoms with Crippen LogP contribution < -0.4 is 16.0 Å². The van der Waals surface area contributed by atoms with Gasteiger partial charge in [-0.05, 0) is 30.9 Å². The van der Waals surface area contributed by atoms with E-state index in [1.54, 1.807) is 12.1 Å². The molecule has 3 N–H and O–H groups in total. The molecule has 3 fully saturated rings. The molecule has 10 heteroatoms. The van der Waals surface area contributed by atoms with Crippen LogP contribution in [0, 0.1) is 5.92 Å². The smallest absolute Gasteiger partial charge is 0.271 e. The molecular formula is C23H26F2N4O4. The number of nitrogens with one attached hydrogen (secondary N) is 3. The third kappa shape index (κ3) is 3.38. The third-order valence-electron chi connectivity index (χ3n) is 7.55. The first-order chi connectivity index (χ1) is 15.7. The molecule has 0 spiro atoms. The van der Waals surface area contributed by atoms with Gasteiger partial charge in [0.1, 0.15) is 6.04 Å². The van der Waals surface area contributed by atoms with E-state index >= 15 is 8.78 Å². The van der Waals surface area contributed by atoms with Crippen LogP contribution in [0.5, 0.6) is 0 Å². The Morgan fingerprint density at radius 3 is 2.70 bits per heavy atom. The van der Waals surface area contributed by atoms with Crippen LogP contribution in [0.15, 0.2) is 18.2 Å². The Labute approximate surface area is 189 Å². The molecule has 2 bridgehead atoms. The SMILES string of the molecule is O=C1CCC(N2C(=O)c3cccc(CNC45CCCCC(CNC4)C5(F)F)c3C2=O)C(=O)N1. The zero-order valence-corrected chi connectivity index (χ0v) is 18.1. The molecule has 1 aromatic rings. The van der Waals surface area contributed by atoms with Gasteiger partial charge in [0, 0.05) is 32.0 Å². The minimum atomic E-state index is -2.90. The third-order valence-corrected chi connectivity index (χ3v) is 7.55. The molecule has 8 nitrogen and oxygen atoms in total. The van der Waals surface area contributed by atoms with E-state index in [0.29, 0.717) is 24.8 Å². The summed E-state index contributed by atoms with van der Waals surface area (Å²) in [5, 5.41) is 8.38. The zero-order valence-electron chi connectivity index (χ0n) is 18.1. The van der Waals surface area contributed by atoms with Gasteiger partial charge in [-0.2, -0.15) is 0 Å². The molecule has 3 heterocycles. The summed E-state index contributed by atoms with van der Waals surface area (Å²) in [4.78, 5) is 50.9. The van der Waals surface area contributed by atoms with Crippen molar-refractivity contribution in [3.63, 3.8) is 0 Å². The lowest BCUT2D eigenvalue weighted by atomic mass is 9.78. The number of imide groups is 2. The molecule has 4 aliphatic rings. The summed E-state index contributed by atoms with van der Waals surface area (Å²) in [6, 6.07) is 3.69. The summed E-state index contributed by atoms with van der Waals surface area (Å²) in [5.74, 6) is -6.01. The standard InChI is InChI=1S/C23H26F2N4O4/c24-23(25)14-5-1-2-9-22(23,12-26-11-14)27-10-13-4-3-6-15-18(13)21(33)29(20(15)32)16-7-8-17(30)28-19(16)31/h3-4,6,14,16,26-27H,1-2,5,7-12H2,(H,28,30,31). The fourth-order valence-corrected chi connectivity index (χ4v) is 5.72. The molecule has 5 rings (SSSR count). The van der Waals surface area contributed by atoms with Gasteiger partial charge in [-0.15, -0.1) is 0 Å². The highest BCUT2D eigenvalue weighted by Crippen LogP contribution is 2.46. The number of halogens is 2. The van der Waals surface area contributed by atoms with E-state index in [4.69, 9.17) is 0 Å². The van der Waals surface area contributed by atoms with Crippen LogP contribution in [0.2, 0.25) is 0 Å². The summed E-state index contributed by atoms with van der Waals surface area (Å²) in [6.07, 6.45) is 2.32. The fourth-order valence-electron chi connectivity index (χ4n) is 5.72. The second-order valence-corrected chi connectivity index (χ2v) is 9.42. The minimum Gasteiger partial charge on any atom is -0.314 e. The number of hydrogen-bond donors (Lipinski definition) is 3. The number of benzene rings is 1. The average molecular weight is 460 g/mol. The Morgan fingerprint density at radius 1 is 1.09 bits per heavy atom. The topological polar surface area (TPSA) is 108 Å². The summed E-state index contributed by atoms with van der Waals surface area (Å²) in [7, 11) is 0. The van der Waals surface area contributed by atoms with Crippen LogP contribution in [0.25, 0.3) is 0 Å². The number of alkyl halides is 2. The predicted molar refractivity (Wildman–Crippen MR) is 112 cm³/mol. The predicted octanol–water partition coefficient (Wildman–Crippen LogP) is 1.34. The Bertz CT molecular complexity index is 1050. The molecule has 1 aromatic carbocycles. The maximum Gasteiger partial charge on any atom is 0.271 e. The first-order valence-corrected chi connectivity index (χ1v) is 11.4. The maximum absolute atomic E-state index is 15.4. The molecule has 2 saturated heterocycles. The maximum atomic E-state index is 15.4. The number of fused-ring (bicyclic) bond motifs is 3. The van der Waals surface area contributed by atoms with Crippen molar-refractivity contribution in [2.24, 2.45) is 5.92 Å². The van der Waals surface area contributed by atoms with Gasteiger partial charge in [0.05, 0.1) is 16.7 Å². The quantitative estimate of drug-likeness (QED) is 0.586. The van der Waals surface area contributed by atoms with Gasteiger partial charge < -0.3 is 10.6 Å². The van der Waals surface area contributed by atoms with Crippen molar-refractivity contribution in [1.82, 2.24) is 20.9 Å². The summed E-state index contributed by atoms with van der Waals surface area (Å²) in [5.41, 5.74) is -0.705. The van der Waals surface area contributed by atoms with Crippen molar-refractivity contribution in [1.29, 1.82) is 0 Å². The van der Waals surface area contributed by atoms with Crippen molar-refractivity contribution in [3.05, 3.63) is 34.9 Å². The van der Waals surface area contributed by atoms with Crippen LogP contribution >= 0.6 is 0 Å². The van der Waals surface area contributed by atoms with Crippen LogP contribution in [0.3, 0.4) is 0 Å². The molecular weight excluding hydrogens is 434 g/mol. The number of amides is 4. The molecule has 33 heavy (non-hydrogen) atoms. The number of piperidine rings is 2. The lowest BCUT2D eigenvalue weighted by molar-refractivity contribution is -0.148. The summed E-state index contributed by atoms with van der Waals surface area (Å²) >= 11 is 0. The second kappa shape index (κ2) is 7.95. The molecule has 3 aliphatic heterocycles. The molecule has 1 saturated carbocycles. The van der Waals surface area contributed by atoms with E-state index in [9.17, 15) is 19.2 Å². The molecule has 3 unspecified atom stereocenters. The molecule has 1 aliphatic carbocycles. The van der Waals surface area contributed by atoms with Gasteiger partial charge in [0.2, 0.25) is 11.8 Å². The van der Waals surface area contributed by atoms with Crippen molar-refractivity contribution < 1.29 is 28.0 Å². The van der Waals surface area contributed by atoms with Crippen molar-refractivity contribution in [3.8, 4) is 0 Å². The van der Waals surface area contributed by atoms with Gasteiger partial charge >= 0.3 is 0 Å². The Hall–Kier alpha value is -2.72. The summed E-state index contributed by atoms with van der Waals surface area (Å²) in [6.45, 7) is 0.404. The zero-order chi connectivity index (χ0) is 23.4. The number of carbonyl (C=O) groups excluding carboxylic acids is 4. The van der Waals surface area contributed by atoms with E-state index in [2.05, 4.69) is 16.0 Å². The van der Waals surface area contributed by atoms with Crippen LogP contribution in [0.4, 0.5) is 8.78 Å². The lowest BCUT2D eigenvalue weighted by Gasteiger charge is -2.47. The molecule has 3 atom stereocenters. The van der Waals surface area contributed by atoms with Gasteiger partial charge in [-0.25, -0.2) is 8.78 Å². The van der Waals surface area contributed by atoms with Gasteiger partial charge in [0.15, 0.2) is 0 Å². The first-order valence-electron chi connectivity index (χ1n) is 11.4. The normalized spacial score (nSPS) is 31.3. The number of nitrogens with zero attached hydrogens (tertiary/aromatic N) is 1. The van der Waals surface area contributed by atoms with Crippen molar-refractivity contribution >= 4 is 23.6 Å². The van der Waals surface area contributed by atoms with Crippen molar-refractivity contribution in [2.45, 2.75) is 62.6 Å². The van der Waals surface area contributed by atoms with Crippen LogP contribution in [-0.2, 0) is 16.1 Å². The lowest BCUT2D eigenvalue weighted by Crippen LogP contribution is -2.70. The molecule has 176 valence electrons. The molecule has 0 radical (unpaired) electrons. The van der Waals surface area contributed by atoms with E-state index in [1.165, 1.54) is 6.07 Å². The van der Waals surface area contributed by atoms with E-state index in [1.807, 2.05) is 0 Å². The van der Waals surface area contributed by atoms with E-state index in [-0.39, 0.29) is 43.6 Å². The Kier molecular flexibility index (Phi) is 5.32. The monoisotopic (exact) mass is 460 g/mol. The number of carbonyl (C=O) groups is 4. The largest absolute Gasteiger partial charge is 0.314 e. The highest BCUT2D eigenvalue weighted by molar-refractivity contribution is 6.24. The number of hydrogen-bond acceptors (Lipinski definition) is 6. The summed E-state index contributed by atoms with van der Waals surface area (Å²) < 4.78 is 30.8. The van der Waals surface area contributed by atoms with Gasteiger partial charge in [-0.1, -0.05) is 25.0 Å². The Balaban J connectivity index is 1.42. The molecule has 4 amide bonds. The van der Waals surface area contributed by atoms with E-state index < -0.39 is 47.0 Å². The van der Waals surface area contributed by atoms with Gasteiger partial charge in [0.25, 0.3) is 17.7 Å². The fraction of sp³-hybridized carbons (Fsp3) is 0.565. The highest BCUT2D eigenvalue weighted by atomic mass is 19.3. The Morgan fingerprint density at radius 2 is 1.91 bits per heavy atom. The van der Waals surface area contributed by atoms with E-state index in [0.717, 1.165) is 11.3 Å². The number of rotatable bonds is 4. The first kappa shape index (κ1) is 22.1. The van der Waals surface area contributed by atoms with Crippen LogP contribution in [0.1, 0.15) is 64.8 Å². The molecule has 0 aromatic heterocycles. The second-order valence-electron chi connectivity index (χ2n) is 9.42. The minimum absolute atomic E-state index is 0.00459. The average Bonchev–Trinajstić information content (AvgIpc) is 3.03. The van der Waals surface area contributed by atoms with Gasteiger partial charge in [-0.3, -0.25) is 29.4 Å². The van der Waals surface area contributed by atoms with Crippen molar-refractivity contribution in [2.75, 3.05) is 13.1 Å². The van der Waals surface area contributed by atoms with Crippen LogP contribution in [-0.4, -0.2) is 59.1 Å².